The minimum absolute atomic E-state index is 0.00260. The van der Waals surface area contributed by atoms with Crippen molar-refractivity contribution in [1.82, 2.24) is 4.72 Å². The number of allylic oxidation sites excluding steroid dienone is 1. The van der Waals surface area contributed by atoms with Crippen molar-refractivity contribution in [3.8, 4) is 0 Å². The molecule has 0 aromatic heterocycles. The summed E-state index contributed by atoms with van der Waals surface area (Å²) in [7, 11) is -1.08. The maximum absolute atomic E-state index is 12.4. The number of rotatable bonds is 6. The summed E-state index contributed by atoms with van der Waals surface area (Å²) < 4.78 is 15.4. The highest BCUT2D eigenvalue weighted by Crippen LogP contribution is 2.22. The Hall–Kier alpha value is -0.930. The third-order valence-electron chi connectivity index (χ3n) is 3.10. The molecule has 0 spiro atoms. The van der Waals surface area contributed by atoms with E-state index in [1.165, 1.54) is 11.1 Å². The average Bonchev–Trinajstić information content (AvgIpc) is 2.37. The second kappa shape index (κ2) is 7.75. The number of benzene rings is 1. The minimum Gasteiger partial charge on any atom is -0.242 e. The van der Waals surface area contributed by atoms with E-state index >= 15 is 0 Å². The molecule has 2 atom stereocenters. The zero-order valence-corrected chi connectivity index (χ0v) is 14.1. The van der Waals surface area contributed by atoms with Gasteiger partial charge in [0.1, 0.15) is 0 Å². The summed E-state index contributed by atoms with van der Waals surface area (Å²) in [6, 6.07) is 8.26. The van der Waals surface area contributed by atoms with Gasteiger partial charge in [0, 0.05) is 0 Å². The highest BCUT2D eigenvalue weighted by atomic mass is 32.2. The topological polar surface area (TPSA) is 29.1 Å². The van der Waals surface area contributed by atoms with Gasteiger partial charge in [-0.25, -0.2) is 8.93 Å². The molecule has 0 saturated carbocycles. The van der Waals surface area contributed by atoms with Crippen LogP contribution in [0.1, 0.15) is 57.7 Å². The van der Waals surface area contributed by atoms with Crippen molar-refractivity contribution in [2.45, 2.75) is 58.2 Å². The van der Waals surface area contributed by atoms with Gasteiger partial charge in [0.15, 0.2) is 0 Å². The van der Waals surface area contributed by atoms with Crippen LogP contribution in [0.3, 0.4) is 0 Å². The summed E-state index contributed by atoms with van der Waals surface area (Å²) in [5.74, 6) is 0. The Balaban J connectivity index is 2.98. The first-order valence-corrected chi connectivity index (χ1v) is 8.41. The Morgan fingerprint density at radius 1 is 1.30 bits per heavy atom. The van der Waals surface area contributed by atoms with Gasteiger partial charge in [-0.15, -0.1) is 0 Å². The number of hydrogen-bond donors (Lipinski definition) is 1. The van der Waals surface area contributed by atoms with E-state index in [1.807, 2.05) is 32.9 Å². The lowest BCUT2D eigenvalue weighted by molar-refractivity contribution is 0.625. The fraction of sp³-hybridized carbons (Fsp3) is 0.529. The van der Waals surface area contributed by atoms with Crippen molar-refractivity contribution < 1.29 is 4.21 Å². The third kappa shape index (κ3) is 5.22. The van der Waals surface area contributed by atoms with Crippen molar-refractivity contribution in [2.75, 3.05) is 0 Å². The molecule has 1 aromatic rings. The normalized spacial score (nSPS) is 15.4. The molecule has 3 heteroatoms. The van der Waals surface area contributed by atoms with E-state index in [0.29, 0.717) is 0 Å². The van der Waals surface area contributed by atoms with Gasteiger partial charge in [0.2, 0.25) is 0 Å². The van der Waals surface area contributed by atoms with Gasteiger partial charge in [0.05, 0.1) is 21.8 Å². The molecule has 1 aromatic carbocycles. The molecule has 0 aliphatic carbocycles. The van der Waals surface area contributed by atoms with Crippen LogP contribution in [0.15, 0.2) is 36.4 Å². The fourth-order valence-corrected chi connectivity index (χ4v) is 2.62. The molecule has 0 bridgehead atoms. The van der Waals surface area contributed by atoms with Crippen LogP contribution in [0.5, 0.6) is 0 Å². The van der Waals surface area contributed by atoms with Crippen molar-refractivity contribution >= 4 is 11.0 Å². The summed E-state index contributed by atoms with van der Waals surface area (Å²) in [6.45, 7) is 10.2. The number of nitrogens with one attached hydrogen (secondary N) is 1. The van der Waals surface area contributed by atoms with Gasteiger partial charge in [-0.05, 0) is 45.2 Å². The van der Waals surface area contributed by atoms with Crippen LogP contribution in [-0.2, 0) is 11.0 Å². The molecule has 0 amide bonds. The van der Waals surface area contributed by atoms with Crippen LogP contribution >= 0.6 is 0 Å². The SMILES string of the molecule is CCC/C=C/[C@@H](NS(=O)C(C)(C)C)c1ccccc1C. The fourth-order valence-electron chi connectivity index (χ4n) is 1.83. The number of aryl methyl sites for hydroxylation is 1. The molecule has 0 aliphatic heterocycles. The summed E-state index contributed by atoms with van der Waals surface area (Å²) in [5, 5.41) is 0. The van der Waals surface area contributed by atoms with Crippen LogP contribution in [0.4, 0.5) is 0 Å². The lowest BCUT2D eigenvalue weighted by Gasteiger charge is -2.23. The maximum Gasteiger partial charge on any atom is 0.0978 e. The molecule has 0 aliphatic rings. The highest BCUT2D eigenvalue weighted by Gasteiger charge is 2.22. The highest BCUT2D eigenvalue weighted by molar-refractivity contribution is 7.84. The number of unbranched alkanes of at least 4 members (excludes halogenated alkanes) is 1. The summed E-state index contributed by atoms with van der Waals surface area (Å²) in [5.41, 5.74) is 2.41. The number of hydrogen-bond acceptors (Lipinski definition) is 1. The van der Waals surface area contributed by atoms with Crippen molar-refractivity contribution in [1.29, 1.82) is 0 Å². The lowest BCUT2D eigenvalue weighted by atomic mass is 10.0. The first-order chi connectivity index (χ1) is 9.36. The van der Waals surface area contributed by atoms with Crippen LogP contribution in [0.25, 0.3) is 0 Å². The van der Waals surface area contributed by atoms with Gasteiger partial charge < -0.3 is 0 Å². The summed E-state index contributed by atoms with van der Waals surface area (Å²) >= 11 is 0. The van der Waals surface area contributed by atoms with Crippen molar-refractivity contribution in [3.63, 3.8) is 0 Å². The van der Waals surface area contributed by atoms with Crippen molar-refractivity contribution in [2.24, 2.45) is 0 Å². The molecular formula is C17H27NOS. The minimum atomic E-state index is -1.08. The van der Waals surface area contributed by atoms with Crippen molar-refractivity contribution in [3.05, 3.63) is 47.5 Å². The summed E-state index contributed by atoms with van der Waals surface area (Å²) in [6.07, 6.45) is 6.48. The standard InChI is InChI=1S/C17H27NOS/c1-6-7-8-13-16(18-20(19)17(3,4)5)15-12-10-9-11-14(15)2/h8-13,16,18H,6-7H2,1-5H3/b13-8+/t16-,20?/m1/s1. The van der Waals surface area contributed by atoms with E-state index in [1.54, 1.807) is 0 Å². The zero-order chi connectivity index (χ0) is 15.2. The zero-order valence-electron chi connectivity index (χ0n) is 13.3. The third-order valence-corrected chi connectivity index (χ3v) is 4.68. The quantitative estimate of drug-likeness (QED) is 0.772. The predicted octanol–water partition coefficient (Wildman–Crippen LogP) is 4.44. The smallest absolute Gasteiger partial charge is 0.0978 e. The molecule has 1 unspecified atom stereocenters. The van der Waals surface area contributed by atoms with E-state index in [0.717, 1.165) is 12.8 Å². The molecule has 0 heterocycles. The molecule has 2 nitrogen and oxygen atoms in total. The molecule has 112 valence electrons. The Bertz CT molecular complexity index is 474. The average molecular weight is 293 g/mol. The molecule has 1 N–H and O–H groups in total. The maximum atomic E-state index is 12.4. The van der Waals surface area contributed by atoms with Crippen LogP contribution in [-0.4, -0.2) is 8.96 Å². The molecule has 0 radical (unpaired) electrons. The Kier molecular flexibility index (Phi) is 6.63. The van der Waals surface area contributed by atoms with Gasteiger partial charge in [0.25, 0.3) is 0 Å². The monoisotopic (exact) mass is 293 g/mol. The van der Waals surface area contributed by atoms with Gasteiger partial charge >= 0.3 is 0 Å². The molecular weight excluding hydrogens is 266 g/mol. The first kappa shape index (κ1) is 17.1. The largest absolute Gasteiger partial charge is 0.242 e. The molecule has 20 heavy (non-hydrogen) atoms. The Morgan fingerprint density at radius 2 is 1.95 bits per heavy atom. The van der Waals surface area contributed by atoms with Gasteiger partial charge in [-0.2, -0.15) is 0 Å². The molecule has 0 fully saturated rings. The second-order valence-corrected chi connectivity index (χ2v) is 8.05. The van der Waals surface area contributed by atoms with E-state index in [2.05, 4.69) is 42.9 Å². The van der Waals surface area contributed by atoms with E-state index in [9.17, 15) is 4.21 Å². The predicted molar refractivity (Wildman–Crippen MR) is 89.0 cm³/mol. The molecule has 1 rings (SSSR count). The van der Waals surface area contributed by atoms with E-state index in [4.69, 9.17) is 0 Å². The van der Waals surface area contributed by atoms with E-state index < -0.39 is 11.0 Å². The Labute approximate surface area is 126 Å². The second-order valence-electron chi connectivity index (χ2n) is 6.05. The molecule has 0 saturated heterocycles. The lowest BCUT2D eigenvalue weighted by Crippen LogP contribution is -2.35. The summed E-state index contributed by atoms with van der Waals surface area (Å²) in [4.78, 5) is 0. The van der Waals surface area contributed by atoms with Crippen LogP contribution < -0.4 is 4.72 Å². The Morgan fingerprint density at radius 3 is 2.50 bits per heavy atom. The van der Waals surface area contributed by atoms with E-state index in [-0.39, 0.29) is 10.8 Å². The van der Waals surface area contributed by atoms with Gasteiger partial charge in [-0.1, -0.05) is 49.8 Å². The van der Waals surface area contributed by atoms with Crippen LogP contribution in [0.2, 0.25) is 0 Å². The first-order valence-electron chi connectivity index (χ1n) is 7.26. The van der Waals surface area contributed by atoms with Crippen LogP contribution in [0, 0.1) is 6.92 Å². The van der Waals surface area contributed by atoms with Gasteiger partial charge in [-0.3, -0.25) is 0 Å².